The Balaban J connectivity index is 2.31. The smallest absolute Gasteiger partial charge is 0.171 e. The first kappa shape index (κ1) is 10.8. The Morgan fingerprint density at radius 1 is 1.38 bits per heavy atom. The fourth-order valence-electron chi connectivity index (χ4n) is 1.86. The summed E-state index contributed by atoms with van der Waals surface area (Å²) in [6.07, 6.45) is 5.27. The van der Waals surface area contributed by atoms with E-state index in [1.54, 1.807) is 0 Å². The molecule has 13 heavy (non-hydrogen) atoms. The number of hydrogen-bond donors (Lipinski definition) is 0. The molecule has 1 rings (SSSR count). The van der Waals surface area contributed by atoms with E-state index >= 15 is 0 Å². The van der Waals surface area contributed by atoms with Gasteiger partial charge in [-0.15, -0.1) is 0 Å². The SMILES string of the molecule is CCCCCC1CN(C)C(=S)N1C. The summed E-state index contributed by atoms with van der Waals surface area (Å²) in [5, 5.41) is 1.00. The molecule has 1 heterocycles. The second-order valence-corrected chi connectivity index (χ2v) is 4.29. The number of thiocarbonyl (C=S) groups is 1. The molecule has 2 nitrogen and oxygen atoms in total. The standard InChI is InChI=1S/C10H20N2S/c1-4-5-6-7-9-8-11(2)10(13)12(9)3/h9H,4-8H2,1-3H3. The molecule has 0 radical (unpaired) electrons. The third kappa shape index (κ3) is 2.56. The van der Waals surface area contributed by atoms with Crippen molar-refractivity contribution in [2.24, 2.45) is 0 Å². The van der Waals surface area contributed by atoms with Crippen LogP contribution < -0.4 is 0 Å². The summed E-state index contributed by atoms with van der Waals surface area (Å²) in [4.78, 5) is 4.41. The molecular weight excluding hydrogens is 180 g/mol. The highest BCUT2D eigenvalue weighted by atomic mass is 32.1. The van der Waals surface area contributed by atoms with Crippen LogP contribution in [0.4, 0.5) is 0 Å². The van der Waals surface area contributed by atoms with Gasteiger partial charge in [-0.25, -0.2) is 0 Å². The van der Waals surface area contributed by atoms with Crippen molar-refractivity contribution in [1.82, 2.24) is 9.80 Å². The Bertz CT molecular complexity index is 182. The van der Waals surface area contributed by atoms with E-state index in [4.69, 9.17) is 12.2 Å². The van der Waals surface area contributed by atoms with Crippen LogP contribution in [0.5, 0.6) is 0 Å². The Morgan fingerprint density at radius 3 is 2.54 bits per heavy atom. The molecule has 1 saturated heterocycles. The quantitative estimate of drug-likeness (QED) is 0.507. The Labute approximate surface area is 86.9 Å². The normalized spacial score (nSPS) is 23.0. The number of unbranched alkanes of at least 4 members (excludes halogenated alkanes) is 2. The maximum absolute atomic E-state index is 5.27. The van der Waals surface area contributed by atoms with E-state index in [0.29, 0.717) is 6.04 Å². The molecule has 3 heteroatoms. The molecule has 0 aromatic rings. The van der Waals surface area contributed by atoms with Crippen molar-refractivity contribution in [2.75, 3.05) is 20.6 Å². The zero-order valence-electron chi connectivity index (χ0n) is 8.92. The van der Waals surface area contributed by atoms with Gasteiger partial charge in [0.15, 0.2) is 5.11 Å². The third-order valence-corrected chi connectivity index (χ3v) is 3.40. The van der Waals surface area contributed by atoms with E-state index in [2.05, 4.69) is 30.8 Å². The highest BCUT2D eigenvalue weighted by Gasteiger charge is 2.27. The van der Waals surface area contributed by atoms with Crippen molar-refractivity contribution >= 4 is 17.3 Å². The molecule has 0 saturated carbocycles. The lowest BCUT2D eigenvalue weighted by molar-refractivity contribution is 0.366. The molecule has 0 aromatic heterocycles. The molecule has 1 aliphatic rings. The highest BCUT2D eigenvalue weighted by Crippen LogP contribution is 2.17. The lowest BCUT2D eigenvalue weighted by Crippen LogP contribution is -2.29. The van der Waals surface area contributed by atoms with Crippen molar-refractivity contribution in [3.63, 3.8) is 0 Å². The Kier molecular flexibility index (Phi) is 3.97. The van der Waals surface area contributed by atoms with Gasteiger partial charge < -0.3 is 9.80 Å². The summed E-state index contributed by atoms with van der Waals surface area (Å²) < 4.78 is 0. The van der Waals surface area contributed by atoms with Crippen LogP contribution in [-0.2, 0) is 0 Å². The predicted octanol–water partition coefficient (Wildman–Crippen LogP) is 2.10. The fraction of sp³-hybridized carbons (Fsp3) is 0.900. The molecule has 0 amide bonds. The minimum atomic E-state index is 0.657. The predicted molar refractivity (Wildman–Crippen MR) is 60.9 cm³/mol. The van der Waals surface area contributed by atoms with E-state index in [9.17, 15) is 0 Å². The second-order valence-electron chi connectivity index (χ2n) is 3.92. The number of likely N-dealkylation sites (N-methyl/N-ethyl adjacent to an activating group) is 2. The zero-order valence-corrected chi connectivity index (χ0v) is 9.73. The van der Waals surface area contributed by atoms with Crippen LogP contribution in [0.1, 0.15) is 32.6 Å². The summed E-state index contributed by atoms with van der Waals surface area (Å²) in [7, 11) is 4.20. The summed E-state index contributed by atoms with van der Waals surface area (Å²) in [6.45, 7) is 3.36. The molecule has 1 aliphatic heterocycles. The summed E-state index contributed by atoms with van der Waals surface area (Å²) in [5.41, 5.74) is 0. The van der Waals surface area contributed by atoms with Gasteiger partial charge in [-0.05, 0) is 18.6 Å². The number of nitrogens with zero attached hydrogens (tertiary/aromatic N) is 2. The molecular formula is C10H20N2S. The van der Waals surface area contributed by atoms with Crippen LogP contribution >= 0.6 is 12.2 Å². The van der Waals surface area contributed by atoms with Gasteiger partial charge in [-0.1, -0.05) is 26.2 Å². The Hall–Kier alpha value is -0.310. The first-order valence-electron chi connectivity index (χ1n) is 5.14. The van der Waals surface area contributed by atoms with Crippen molar-refractivity contribution in [1.29, 1.82) is 0 Å². The second kappa shape index (κ2) is 4.80. The first-order valence-corrected chi connectivity index (χ1v) is 5.55. The molecule has 0 aromatic carbocycles. The molecule has 1 atom stereocenters. The summed E-state index contributed by atoms with van der Waals surface area (Å²) in [5.74, 6) is 0. The minimum Gasteiger partial charge on any atom is -0.350 e. The third-order valence-electron chi connectivity index (χ3n) is 2.80. The van der Waals surface area contributed by atoms with Crippen LogP contribution in [0.25, 0.3) is 0 Å². The average molecular weight is 200 g/mol. The zero-order chi connectivity index (χ0) is 9.84. The van der Waals surface area contributed by atoms with Gasteiger partial charge in [0.1, 0.15) is 0 Å². The molecule has 1 unspecified atom stereocenters. The average Bonchev–Trinajstić information content (AvgIpc) is 2.34. The maximum atomic E-state index is 5.27. The molecule has 0 aliphatic carbocycles. The van der Waals surface area contributed by atoms with Crippen molar-refractivity contribution < 1.29 is 0 Å². The largest absolute Gasteiger partial charge is 0.350 e. The van der Waals surface area contributed by atoms with E-state index in [-0.39, 0.29) is 0 Å². The van der Waals surface area contributed by atoms with Crippen LogP contribution in [0, 0.1) is 0 Å². The van der Waals surface area contributed by atoms with Gasteiger partial charge in [0.2, 0.25) is 0 Å². The molecule has 76 valence electrons. The number of hydrogen-bond acceptors (Lipinski definition) is 1. The van der Waals surface area contributed by atoms with Crippen molar-refractivity contribution in [2.45, 2.75) is 38.6 Å². The van der Waals surface area contributed by atoms with E-state index in [1.165, 1.54) is 25.7 Å². The fourth-order valence-corrected chi connectivity index (χ4v) is 2.08. The van der Waals surface area contributed by atoms with Crippen LogP contribution in [0.2, 0.25) is 0 Å². The van der Waals surface area contributed by atoms with Crippen molar-refractivity contribution in [3.05, 3.63) is 0 Å². The molecule has 0 bridgehead atoms. The lowest BCUT2D eigenvalue weighted by Gasteiger charge is -2.19. The summed E-state index contributed by atoms with van der Waals surface area (Å²) >= 11 is 5.27. The van der Waals surface area contributed by atoms with Gasteiger partial charge >= 0.3 is 0 Å². The topological polar surface area (TPSA) is 6.48 Å². The number of rotatable bonds is 4. The highest BCUT2D eigenvalue weighted by molar-refractivity contribution is 7.80. The van der Waals surface area contributed by atoms with Gasteiger partial charge in [-0.3, -0.25) is 0 Å². The van der Waals surface area contributed by atoms with Crippen LogP contribution in [-0.4, -0.2) is 41.6 Å². The van der Waals surface area contributed by atoms with E-state index in [1.807, 2.05) is 0 Å². The van der Waals surface area contributed by atoms with Gasteiger partial charge in [0.25, 0.3) is 0 Å². The van der Waals surface area contributed by atoms with E-state index < -0.39 is 0 Å². The molecule has 0 N–H and O–H groups in total. The maximum Gasteiger partial charge on any atom is 0.171 e. The van der Waals surface area contributed by atoms with E-state index in [0.717, 1.165) is 11.7 Å². The monoisotopic (exact) mass is 200 g/mol. The van der Waals surface area contributed by atoms with Crippen LogP contribution in [0.3, 0.4) is 0 Å². The van der Waals surface area contributed by atoms with Gasteiger partial charge in [0, 0.05) is 26.7 Å². The molecule has 1 fully saturated rings. The Morgan fingerprint density at radius 2 is 2.08 bits per heavy atom. The minimum absolute atomic E-state index is 0.657. The lowest BCUT2D eigenvalue weighted by atomic mass is 10.1. The summed E-state index contributed by atoms with van der Waals surface area (Å²) in [6, 6.07) is 0.657. The van der Waals surface area contributed by atoms with Gasteiger partial charge in [0.05, 0.1) is 0 Å². The van der Waals surface area contributed by atoms with Crippen LogP contribution in [0.15, 0.2) is 0 Å². The molecule has 0 spiro atoms. The van der Waals surface area contributed by atoms with Gasteiger partial charge in [-0.2, -0.15) is 0 Å². The first-order chi connectivity index (χ1) is 6.16. The van der Waals surface area contributed by atoms with Crippen molar-refractivity contribution in [3.8, 4) is 0 Å².